The van der Waals surface area contributed by atoms with Crippen LogP contribution in [0, 0.1) is 29.1 Å². The van der Waals surface area contributed by atoms with E-state index in [9.17, 15) is 9.90 Å². The number of hydrogen-bond acceptors (Lipinski definition) is 4. The molecule has 0 aromatic carbocycles. The Bertz CT molecular complexity index is 806. The normalized spacial score (nSPS) is 44.4. The molecular weight excluding hydrogens is 380 g/mol. The van der Waals surface area contributed by atoms with Gasteiger partial charge in [-0.1, -0.05) is 25.2 Å². The third-order valence-electron chi connectivity index (χ3n) is 9.37. The maximum absolute atomic E-state index is 11.7. The lowest BCUT2D eigenvalue weighted by molar-refractivity contribution is -0.177. The summed E-state index contributed by atoms with van der Waals surface area (Å²) >= 11 is 0. The van der Waals surface area contributed by atoms with Crippen molar-refractivity contribution < 1.29 is 24.5 Å². The Labute approximate surface area is 178 Å². The number of carbonyl (C=O) groups is 1. The molecule has 0 amide bonds. The third kappa shape index (κ3) is 2.89. The van der Waals surface area contributed by atoms with Crippen molar-refractivity contribution in [3.8, 4) is 0 Å². The van der Waals surface area contributed by atoms with Crippen LogP contribution >= 0.6 is 0 Å². The van der Waals surface area contributed by atoms with E-state index < -0.39 is 11.6 Å². The van der Waals surface area contributed by atoms with E-state index >= 15 is 0 Å². The van der Waals surface area contributed by atoms with Gasteiger partial charge in [0.15, 0.2) is 5.79 Å². The summed E-state index contributed by atoms with van der Waals surface area (Å²) in [6.07, 6.45) is 12.9. The highest BCUT2D eigenvalue weighted by atomic mass is 16.7. The molecule has 4 aliphatic carbocycles. The van der Waals surface area contributed by atoms with E-state index in [1.807, 2.05) is 0 Å². The fourth-order valence-corrected chi connectivity index (χ4v) is 7.84. The predicted octanol–water partition coefficient (Wildman–Crippen LogP) is 4.23. The Morgan fingerprint density at radius 3 is 2.63 bits per heavy atom. The van der Waals surface area contributed by atoms with Gasteiger partial charge in [0.2, 0.25) is 0 Å². The van der Waals surface area contributed by atoms with Crippen LogP contribution in [-0.2, 0) is 14.3 Å². The molecule has 5 aliphatic rings. The van der Waals surface area contributed by atoms with Gasteiger partial charge in [-0.3, -0.25) is 0 Å². The molecule has 5 rings (SSSR count). The van der Waals surface area contributed by atoms with Crippen molar-refractivity contribution in [2.24, 2.45) is 29.1 Å². The van der Waals surface area contributed by atoms with E-state index in [0.717, 1.165) is 51.0 Å². The third-order valence-corrected chi connectivity index (χ3v) is 9.37. The second-order valence-electron chi connectivity index (χ2n) is 10.4. The monoisotopic (exact) mass is 414 g/mol. The van der Waals surface area contributed by atoms with Gasteiger partial charge >= 0.3 is 5.97 Å². The van der Waals surface area contributed by atoms with E-state index in [2.05, 4.69) is 19.6 Å². The lowest BCUT2D eigenvalue weighted by atomic mass is 9.50. The summed E-state index contributed by atoms with van der Waals surface area (Å²) in [5.74, 6) is 0.965. The fourth-order valence-electron chi connectivity index (χ4n) is 7.84. The average molecular weight is 415 g/mol. The summed E-state index contributed by atoms with van der Waals surface area (Å²) in [4.78, 5) is 11.0. The van der Waals surface area contributed by atoms with Gasteiger partial charge in [0.25, 0.3) is 0 Å². The van der Waals surface area contributed by atoms with Crippen LogP contribution in [-0.4, -0.2) is 40.8 Å². The zero-order valence-electron chi connectivity index (χ0n) is 17.9. The minimum absolute atomic E-state index is 0.243. The topological polar surface area (TPSA) is 76.0 Å². The van der Waals surface area contributed by atoms with Crippen LogP contribution in [0.1, 0.15) is 58.3 Å². The van der Waals surface area contributed by atoms with Gasteiger partial charge in [0.1, 0.15) is 0 Å². The first kappa shape index (κ1) is 20.5. The molecule has 0 radical (unpaired) electrons. The highest BCUT2D eigenvalue weighted by Gasteiger charge is 2.63. The lowest BCUT2D eigenvalue weighted by Gasteiger charge is -2.56. The van der Waals surface area contributed by atoms with Crippen LogP contribution in [0.4, 0.5) is 0 Å². The van der Waals surface area contributed by atoms with Crippen LogP contribution in [0.3, 0.4) is 0 Å². The van der Waals surface area contributed by atoms with E-state index in [0.29, 0.717) is 48.9 Å². The fraction of sp³-hybridized carbons (Fsp3) is 0.720. The van der Waals surface area contributed by atoms with Gasteiger partial charge in [-0.05, 0) is 73.8 Å². The molecular formula is C25H34O5. The summed E-state index contributed by atoms with van der Waals surface area (Å²) in [5, 5.41) is 20.7. The molecule has 4 fully saturated rings. The van der Waals surface area contributed by atoms with Crippen molar-refractivity contribution in [3.05, 3.63) is 36.0 Å². The zero-order chi connectivity index (χ0) is 21.1. The molecule has 30 heavy (non-hydrogen) atoms. The van der Waals surface area contributed by atoms with Crippen molar-refractivity contribution in [2.45, 2.75) is 69.7 Å². The van der Waals surface area contributed by atoms with Crippen molar-refractivity contribution in [1.29, 1.82) is 0 Å². The Morgan fingerprint density at radius 2 is 1.90 bits per heavy atom. The van der Waals surface area contributed by atoms with Gasteiger partial charge < -0.3 is 19.7 Å². The van der Waals surface area contributed by atoms with Gasteiger partial charge in [-0.25, -0.2) is 4.79 Å². The smallest absolute Gasteiger partial charge is 0.328 e. The molecule has 1 aliphatic heterocycles. The number of ether oxygens (including phenoxy) is 2. The highest BCUT2D eigenvalue weighted by Crippen LogP contribution is 2.66. The second kappa shape index (κ2) is 7.04. The molecule has 1 spiro atoms. The summed E-state index contributed by atoms with van der Waals surface area (Å²) in [6, 6.07) is 0. The SMILES string of the molecule is C=C(C=CC(=O)O)[C@]1(O)CC[C@H]2[C@@H]3CC=C4CC5(CC[C@@H]4[C@H]3CC[C@@]21C)OCCO5. The average Bonchev–Trinajstić information content (AvgIpc) is 3.28. The largest absolute Gasteiger partial charge is 0.478 e. The highest BCUT2D eigenvalue weighted by molar-refractivity contribution is 5.80. The molecule has 1 saturated heterocycles. The van der Waals surface area contributed by atoms with Crippen LogP contribution in [0.5, 0.6) is 0 Å². The van der Waals surface area contributed by atoms with Gasteiger partial charge in [-0.15, -0.1) is 0 Å². The minimum atomic E-state index is -1.01. The van der Waals surface area contributed by atoms with Gasteiger partial charge in [0, 0.05) is 24.3 Å². The Kier molecular flexibility index (Phi) is 4.81. The molecule has 6 atom stereocenters. The van der Waals surface area contributed by atoms with Crippen molar-refractivity contribution in [3.63, 3.8) is 0 Å². The van der Waals surface area contributed by atoms with Crippen molar-refractivity contribution in [2.75, 3.05) is 13.2 Å². The van der Waals surface area contributed by atoms with Crippen LogP contribution in [0.2, 0.25) is 0 Å². The molecule has 164 valence electrons. The molecule has 1 heterocycles. The Hall–Kier alpha value is -1.43. The molecule has 3 saturated carbocycles. The predicted molar refractivity (Wildman–Crippen MR) is 113 cm³/mol. The zero-order valence-corrected chi connectivity index (χ0v) is 17.9. The molecule has 2 N–H and O–H groups in total. The van der Waals surface area contributed by atoms with E-state index in [1.54, 1.807) is 0 Å². The summed E-state index contributed by atoms with van der Waals surface area (Å²) < 4.78 is 12.0. The number of rotatable bonds is 3. The number of carboxylic acids is 1. The Morgan fingerprint density at radius 1 is 1.13 bits per heavy atom. The summed E-state index contributed by atoms with van der Waals surface area (Å²) in [5.41, 5.74) is 0.832. The maximum atomic E-state index is 11.7. The minimum Gasteiger partial charge on any atom is -0.478 e. The summed E-state index contributed by atoms with van der Waals surface area (Å²) in [6.45, 7) is 7.73. The second-order valence-corrected chi connectivity index (χ2v) is 10.4. The summed E-state index contributed by atoms with van der Waals surface area (Å²) in [7, 11) is 0. The standard InChI is InChI=1S/C25H34O5/c1-16(3-6-22(26)27)25(28)12-9-21-20-5-4-17-15-24(29-13-14-30-24)11-8-18(17)19(20)7-10-23(21,25)2/h3-4,6,18-21,28H,1,5,7-15H2,2H3,(H,26,27)/t18-,19+,20+,21-,23-,25+/m0/s1. The number of hydrogen-bond donors (Lipinski definition) is 2. The van der Waals surface area contributed by atoms with E-state index in [1.165, 1.54) is 11.6 Å². The van der Waals surface area contributed by atoms with Crippen molar-refractivity contribution in [1.82, 2.24) is 0 Å². The molecule has 0 unspecified atom stereocenters. The first-order chi connectivity index (χ1) is 14.3. The number of aliphatic hydroxyl groups is 1. The van der Waals surface area contributed by atoms with Crippen LogP contribution in [0.25, 0.3) is 0 Å². The van der Waals surface area contributed by atoms with Gasteiger partial charge in [-0.2, -0.15) is 0 Å². The van der Waals surface area contributed by atoms with Crippen LogP contribution in [0.15, 0.2) is 36.0 Å². The lowest BCUT2D eigenvalue weighted by Crippen LogP contribution is -2.53. The number of aliphatic carboxylic acids is 1. The number of allylic oxidation sites excluding steroid dienone is 1. The quantitative estimate of drug-likeness (QED) is 0.411. The first-order valence-corrected chi connectivity index (χ1v) is 11.6. The molecule has 0 aromatic rings. The molecule has 5 heteroatoms. The number of carboxylic acid groups (broad SMARTS) is 1. The van der Waals surface area contributed by atoms with E-state index in [-0.39, 0.29) is 11.2 Å². The first-order valence-electron chi connectivity index (χ1n) is 11.6. The van der Waals surface area contributed by atoms with Crippen molar-refractivity contribution >= 4 is 5.97 Å². The Balaban J connectivity index is 1.38. The van der Waals surface area contributed by atoms with Crippen LogP contribution < -0.4 is 0 Å². The maximum Gasteiger partial charge on any atom is 0.328 e. The molecule has 0 aromatic heterocycles. The molecule has 0 bridgehead atoms. The van der Waals surface area contributed by atoms with Gasteiger partial charge in [0.05, 0.1) is 18.8 Å². The number of fused-ring (bicyclic) bond motifs is 5. The molecule has 5 nitrogen and oxygen atoms in total. The van der Waals surface area contributed by atoms with E-state index in [4.69, 9.17) is 14.6 Å².